The van der Waals surface area contributed by atoms with Crippen LogP contribution in [0.25, 0.3) is 115 Å². The molecule has 0 saturated carbocycles. The monoisotopic (exact) mass is 763 g/mol. The van der Waals surface area contributed by atoms with E-state index in [0.29, 0.717) is 0 Å². The molecule has 0 atom stereocenters. The van der Waals surface area contributed by atoms with Crippen molar-refractivity contribution >= 4 is 70.3 Å². The van der Waals surface area contributed by atoms with Gasteiger partial charge in [-0.3, -0.25) is 0 Å². The van der Waals surface area contributed by atoms with Crippen molar-refractivity contribution in [2.75, 3.05) is 0 Å². The Morgan fingerprint density at radius 3 is 1.10 bits per heavy atom. The summed E-state index contributed by atoms with van der Waals surface area (Å²) in [7, 11) is 0. The molecule has 1 nitrogen and oxygen atoms in total. The highest BCUT2D eigenvalue weighted by Crippen LogP contribution is 2.45. The van der Waals surface area contributed by atoms with Crippen LogP contribution >= 0.6 is 0 Å². The van der Waals surface area contributed by atoms with Crippen LogP contribution in [0.1, 0.15) is 6.92 Å². The molecule has 0 aliphatic carbocycles. The summed E-state index contributed by atoms with van der Waals surface area (Å²) in [6.07, 6.45) is 8.30. The van der Waals surface area contributed by atoms with Crippen LogP contribution in [-0.2, 0) is 0 Å². The third-order valence-electron chi connectivity index (χ3n) is 12.3. The molecule has 1 aromatic heterocycles. The standard InChI is InChI=1S/C59H41N/c1-3-17-41(18-4-2)60-58(54-33-31-52(46-25-11-13-27-48(46)54)56-37-39-19-5-7-21-42(39)44-23-9-15-29-50(44)56)35-36-59(60)55-34-32-53(47-26-12-14-28-49(47)55)57-38-40-20-6-8-22-43(40)45-24-10-16-30-51(45)57/h3-38H,1H2,2H3/b18-4-,41-17+. The lowest BCUT2D eigenvalue weighted by molar-refractivity contribution is 1.14. The average Bonchev–Trinajstić information content (AvgIpc) is 3.75. The summed E-state index contributed by atoms with van der Waals surface area (Å²) in [4.78, 5) is 0. The van der Waals surface area contributed by atoms with Gasteiger partial charge in [0.25, 0.3) is 0 Å². The van der Waals surface area contributed by atoms with E-state index in [-0.39, 0.29) is 0 Å². The number of nitrogens with zero attached hydrogens (tertiary/aromatic N) is 1. The number of fused-ring (bicyclic) bond motifs is 8. The van der Waals surface area contributed by atoms with Crippen molar-refractivity contribution in [2.45, 2.75) is 6.92 Å². The molecular weight excluding hydrogens is 723 g/mol. The van der Waals surface area contributed by atoms with Crippen molar-refractivity contribution in [3.8, 4) is 44.8 Å². The van der Waals surface area contributed by atoms with E-state index in [9.17, 15) is 0 Å². The normalized spacial score (nSPS) is 12.2. The molecule has 0 radical (unpaired) electrons. The molecule has 1 heterocycles. The fraction of sp³-hybridized carbons (Fsp3) is 0.0169. The van der Waals surface area contributed by atoms with Gasteiger partial charge in [0.2, 0.25) is 0 Å². The van der Waals surface area contributed by atoms with E-state index in [4.69, 9.17) is 0 Å². The minimum absolute atomic E-state index is 1.05. The van der Waals surface area contributed by atoms with E-state index in [2.05, 4.69) is 230 Å². The molecule has 0 bridgehead atoms. The molecule has 1 heteroatoms. The van der Waals surface area contributed by atoms with E-state index >= 15 is 0 Å². The molecule has 0 N–H and O–H groups in total. The molecule has 0 aliphatic heterocycles. The van der Waals surface area contributed by atoms with E-state index < -0.39 is 0 Å². The maximum atomic E-state index is 4.16. The summed E-state index contributed by atoms with van der Waals surface area (Å²) in [5.41, 5.74) is 10.6. The summed E-state index contributed by atoms with van der Waals surface area (Å²) in [5.74, 6) is 0. The second-order valence-corrected chi connectivity index (χ2v) is 15.6. The summed E-state index contributed by atoms with van der Waals surface area (Å²) in [6.45, 7) is 6.24. The molecule has 0 amide bonds. The first-order valence-corrected chi connectivity index (χ1v) is 20.8. The topological polar surface area (TPSA) is 4.93 Å². The lowest BCUT2D eigenvalue weighted by atomic mass is 9.89. The van der Waals surface area contributed by atoms with Gasteiger partial charge in [-0.25, -0.2) is 0 Å². The molecule has 0 fully saturated rings. The van der Waals surface area contributed by atoms with Gasteiger partial charge in [0.15, 0.2) is 0 Å². The number of hydrogen-bond acceptors (Lipinski definition) is 0. The van der Waals surface area contributed by atoms with Gasteiger partial charge in [-0.2, -0.15) is 0 Å². The molecule has 0 aliphatic rings. The van der Waals surface area contributed by atoms with Gasteiger partial charge in [-0.05, 0) is 130 Å². The number of hydrogen-bond donors (Lipinski definition) is 0. The van der Waals surface area contributed by atoms with E-state index in [1.54, 1.807) is 0 Å². The van der Waals surface area contributed by atoms with Gasteiger partial charge in [-0.1, -0.05) is 189 Å². The Morgan fingerprint density at radius 1 is 0.367 bits per heavy atom. The molecule has 0 unspecified atom stereocenters. The van der Waals surface area contributed by atoms with Crippen molar-refractivity contribution in [1.29, 1.82) is 0 Å². The fourth-order valence-corrected chi connectivity index (χ4v) is 9.70. The van der Waals surface area contributed by atoms with Crippen LogP contribution in [0, 0.1) is 0 Å². The average molecular weight is 764 g/mol. The molecule has 0 spiro atoms. The fourth-order valence-electron chi connectivity index (χ4n) is 9.70. The third-order valence-corrected chi connectivity index (χ3v) is 12.3. The predicted octanol–water partition coefficient (Wildman–Crippen LogP) is 16.7. The van der Waals surface area contributed by atoms with Crippen molar-refractivity contribution in [3.63, 3.8) is 0 Å². The zero-order valence-electron chi connectivity index (χ0n) is 33.4. The van der Waals surface area contributed by atoms with Gasteiger partial charge in [0.1, 0.15) is 0 Å². The van der Waals surface area contributed by atoms with Crippen LogP contribution in [0.2, 0.25) is 0 Å². The molecule has 11 aromatic rings. The van der Waals surface area contributed by atoms with Crippen LogP contribution in [0.15, 0.2) is 225 Å². The van der Waals surface area contributed by atoms with Crippen molar-refractivity contribution in [1.82, 2.24) is 4.57 Å². The van der Waals surface area contributed by atoms with Crippen LogP contribution in [0.4, 0.5) is 0 Å². The third kappa shape index (κ3) is 5.62. The zero-order chi connectivity index (χ0) is 40.2. The smallest absolute Gasteiger partial charge is 0.0541 e. The van der Waals surface area contributed by atoms with Gasteiger partial charge >= 0.3 is 0 Å². The van der Waals surface area contributed by atoms with E-state index in [0.717, 1.165) is 17.1 Å². The predicted molar refractivity (Wildman–Crippen MR) is 260 cm³/mol. The highest BCUT2D eigenvalue weighted by molar-refractivity contribution is 6.19. The van der Waals surface area contributed by atoms with E-state index in [1.165, 1.54) is 98.0 Å². The van der Waals surface area contributed by atoms with E-state index in [1.807, 2.05) is 6.08 Å². The highest BCUT2D eigenvalue weighted by atomic mass is 15.0. The minimum Gasteiger partial charge on any atom is -0.309 e. The van der Waals surface area contributed by atoms with Crippen LogP contribution in [0.3, 0.4) is 0 Å². The lowest BCUT2D eigenvalue weighted by Gasteiger charge is -2.20. The first kappa shape index (κ1) is 35.4. The maximum absolute atomic E-state index is 4.16. The summed E-state index contributed by atoms with van der Waals surface area (Å²) in [5, 5.41) is 15.0. The van der Waals surface area contributed by atoms with Gasteiger partial charge in [0, 0.05) is 16.8 Å². The number of allylic oxidation sites excluding steroid dienone is 5. The molecule has 0 saturated heterocycles. The summed E-state index contributed by atoms with van der Waals surface area (Å²) in [6, 6.07) is 71.5. The van der Waals surface area contributed by atoms with Crippen LogP contribution in [-0.4, -0.2) is 4.57 Å². The van der Waals surface area contributed by atoms with Crippen molar-refractivity contribution < 1.29 is 0 Å². The Balaban J connectivity index is 1.14. The Hall–Kier alpha value is -7.74. The maximum Gasteiger partial charge on any atom is 0.0541 e. The first-order valence-electron chi connectivity index (χ1n) is 20.8. The van der Waals surface area contributed by atoms with Gasteiger partial charge < -0.3 is 4.57 Å². The minimum atomic E-state index is 1.05. The van der Waals surface area contributed by atoms with Crippen molar-refractivity contribution in [3.05, 3.63) is 225 Å². The molecule has 10 aromatic carbocycles. The molecular formula is C59H41N. The summed E-state index contributed by atoms with van der Waals surface area (Å²) >= 11 is 0. The Morgan fingerprint density at radius 2 is 0.700 bits per heavy atom. The second-order valence-electron chi connectivity index (χ2n) is 15.6. The Kier molecular flexibility index (Phi) is 8.60. The van der Waals surface area contributed by atoms with Crippen LogP contribution in [0.5, 0.6) is 0 Å². The zero-order valence-corrected chi connectivity index (χ0v) is 33.4. The number of benzene rings is 10. The SMILES string of the molecule is C=C/C=C(\C=C/C)n1c(-c2ccc(-c3cc4ccccc4c4ccccc34)c3ccccc23)ccc1-c1ccc(-c2cc3ccccc3c3ccccc23)c2ccccc12. The highest BCUT2D eigenvalue weighted by Gasteiger charge is 2.21. The number of aromatic nitrogens is 1. The molecule has 11 rings (SSSR count). The molecule has 60 heavy (non-hydrogen) atoms. The largest absolute Gasteiger partial charge is 0.309 e. The molecule has 282 valence electrons. The first-order chi connectivity index (χ1) is 29.7. The number of rotatable bonds is 7. The summed E-state index contributed by atoms with van der Waals surface area (Å²) < 4.78 is 2.42. The second kappa shape index (κ2) is 14.6. The lowest BCUT2D eigenvalue weighted by Crippen LogP contribution is -2.01. The Labute approximate surface area is 350 Å². The van der Waals surface area contributed by atoms with Gasteiger partial charge in [0.05, 0.1) is 11.4 Å². The van der Waals surface area contributed by atoms with Crippen molar-refractivity contribution in [2.24, 2.45) is 0 Å². The van der Waals surface area contributed by atoms with Gasteiger partial charge in [-0.15, -0.1) is 0 Å². The Bertz CT molecular complexity index is 3350. The van der Waals surface area contributed by atoms with Crippen LogP contribution < -0.4 is 0 Å². The quantitative estimate of drug-likeness (QED) is 0.113.